The van der Waals surface area contributed by atoms with Gasteiger partial charge in [-0.3, -0.25) is 9.59 Å². The first-order valence-electron chi connectivity index (χ1n) is 8.64. The van der Waals surface area contributed by atoms with Gasteiger partial charge < -0.3 is 9.47 Å². The molecule has 0 atom stereocenters. The number of cyclic esters (lactones) is 2. The molecular formula is C22H22O4. The Morgan fingerprint density at radius 1 is 0.846 bits per heavy atom. The van der Waals surface area contributed by atoms with Gasteiger partial charge in [0.05, 0.1) is 0 Å². The summed E-state index contributed by atoms with van der Waals surface area (Å²) in [5, 5.41) is 0. The second-order valence-corrected chi connectivity index (χ2v) is 6.94. The number of allylic oxidation sites excluding steroid dienone is 1. The normalized spacial score (nSPS) is 18.4. The van der Waals surface area contributed by atoms with Crippen LogP contribution in [0.4, 0.5) is 0 Å². The Hall–Kier alpha value is -2.88. The van der Waals surface area contributed by atoms with Crippen LogP contribution < -0.4 is 0 Å². The van der Waals surface area contributed by atoms with Crippen LogP contribution in [-0.2, 0) is 25.5 Å². The van der Waals surface area contributed by atoms with Gasteiger partial charge in [-0.1, -0.05) is 72.8 Å². The van der Waals surface area contributed by atoms with E-state index < -0.39 is 23.1 Å². The van der Waals surface area contributed by atoms with E-state index in [4.69, 9.17) is 9.47 Å². The SMILES string of the molecule is CC1(C)OC(=O)C(C/C=C/c2ccccc2)(Cc2ccccc2)C(=O)O1. The van der Waals surface area contributed by atoms with Crippen LogP contribution in [-0.4, -0.2) is 17.7 Å². The summed E-state index contributed by atoms with van der Waals surface area (Å²) in [6.07, 6.45) is 4.18. The van der Waals surface area contributed by atoms with Crippen molar-refractivity contribution in [2.75, 3.05) is 0 Å². The molecule has 4 heteroatoms. The highest BCUT2D eigenvalue weighted by atomic mass is 16.7. The third-order valence-electron chi connectivity index (χ3n) is 4.38. The Morgan fingerprint density at radius 2 is 1.38 bits per heavy atom. The summed E-state index contributed by atoms with van der Waals surface area (Å²) >= 11 is 0. The third-order valence-corrected chi connectivity index (χ3v) is 4.38. The zero-order valence-electron chi connectivity index (χ0n) is 15.0. The molecule has 2 aromatic carbocycles. The van der Waals surface area contributed by atoms with Gasteiger partial charge in [0.25, 0.3) is 5.79 Å². The maximum absolute atomic E-state index is 12.8. The number of ether oxygens (including phenoxy) is 2. The number of benzene rings is 2. The minimum atomic E-state index is -1.37. The highest BCUT2D eigenvalue weighted by molar-refractivity contribution is 6.02. The van der Waals surface area contributed by atoms with E-state index in [9.17, 15) is 9.59 Å². The standard InChI is InChI=1S/C22H22O4/c1-21(2)25-19(23)22(20(24)26-21,16-18-12-7-4-8-13-18)15-9-14-17-10-5-3-6-11-17/h3-14H,15-16H2,1-2H3/b14-9+. The van der Waals surface area contributed by atoms with E-state index in [1.807, 2.05) is 72.8 Å². The molecule has 0 amide bonds. The third kappa shape index (κ3) is 3.85. The Bertz CT molecular complexity index is 787. The quantitative estimate of drug-likeness (QED) is 0.600. The molecule has 0 N–H and O–H groups in total. The first-order valence-corrected chi connectivity index (χ1v) is 8.64. The van der Waals surface area contributed by atoms with E-state index in [1.165, 1.54) is 0 Å². The molecule has 0 aromatic heterocycles. The molecule has 1 heterocycles. The van der Waals surface area contributed by atoms with Crippen LogP contribution in [0.15, 0.2) is 66.7 Å². The van der Waals surface area contributed by atoms with E-state index in [2.05, 4.69) is 0 Å². The van der Waals surface area contributed by atoms with Gasteiger partial charge in [-0.05, 0) is 24.0 Å². The summed E-state index contributed by atoms with van der Waals surface area (Å²) in [6, 6.07) is 19.2. The summed E-state index contributed by atoms with van der Waals surface area (Å²) in [5.74, 6) is -2.32. The van der Waals surface area contributed by atoms with Crippen LogP contribution in [0.1, 0.15) is 31.4 Å². The molecule has 0 bridgehead atoms. The molecule has 3 rings (SSSR count). The molecule has 0 spiro atoms. The van der Waals surface area contributed by atoms with Crippen molar-refractivity contribution in [3.05, 3.63) is 77.9 Å². The molecule has 1 aliphatic heterocycles. The van der Waals surface area contributed by atoms with Crippen LogP contribution in [0.2, 0.25) is 0 Å². The lowest BCUT2D eigenvalue weighted by Gasteiger charge is -2.39. The van der Waals surface area contributed by atoms with Crippen molar-refractivity contribution in [3.8, 4) is 0 Å². The lowest BCUT2D eigenvalue weighted by Crippen LogP contribution is -2.54. The molecule has 0 radical (unpaired) electrons. The van der Waals surface area contributed by atoms with Gasteiger partial charge in [-0.25, -0.2) is 0 Å². The molecule has 0 unspecified atom stereocenters. The van der Waals surface area contributed by atoms with E-state index in [0.29, 0.717) is 0 Å². The van der Waals surface area contributed by atoms with Crippen LogP contribution in [0.3, 0.4) is 0 Å². The van der Waals surface area contributed by atoms with Crippen molar-refractivity contribution in [2.24, 2.45) is 5.41 Å². The second kappa shape index (κ2) is 7.16. The molecule has 0 aliphatic carbocycles. The number of rotatable bonds is 5. The summed E-state index contributed by atoms with van der Waals surface area (Å²) < 4.78 is 10.8. The fourth-order valence-electron chi connectivity index (χ4n) is 3.03. The Morgan fingerprint density at radius 3 is 1.96 bits per heavy atom. The zero-order valence-corrected chi connectivity index (χ0v) is 15.0. The van der Waals surface area contributed by atoms with Crippen molar-refractivity contribution in [1.29, 1.82) is 0 Å². The van der Waals surface area contributed by atoms with Gasteiger partial charge in [0.15, 0.2) is 5.41 Å². The molecule has 0 saturated carbocycles. The van der Waals surface area contributed by atoms with Crippen LogP contribution >= 0.6 is 0 Å². The van der Waals surface area contributed by atoms with Crippen LogP contribution in [0.5, 0.6) is 0 Å². The van der Waals surface area contributed by atoms with Crippen molar-refractivity contribution in [2.45, 2.75) is 32.5 Å². The number of carbonyl (C=O) groups excluding carboxylic acids is 2. The minimum absolute atomic E-state index is 0.213. The van der Waals surface area contributed by atoms with Crippen LogP contribution in [0, 0.1) is 5.41 Å². The number of esters is 2. The van der Waals surface area contributed by atoms with Gasteiger partial charge in [0, 0.05) is 13.8 Å². The van der Waals surface area contributed by atoms with Gasteiger partial charge in [-0.2, -0.15) is 0 Å². The first kappa shape index (κ1) is 17.9. The maximum Gasteiger partial charge on any atom is 0.327 e. The fraction of sp³-hybridized carbons (Fsp3) is 0.273. The van der Waals surface area contributed by atoms with Gasteiger partial charge in [0.2, 0.25) is 0 Å². The summed E-state index contributed by atoms with van der Waals surface area (Å²) in [6.45, 7) is 3.13. The lowest BCUT2D eigenvalue weighted by atomic mass is 9.77. The van der Waals surface area contributed by atoms with E-state index in [-0.39, 0.29) is 12.8 Å². The first-order chi connectivity index (χ1) is 12.4. The smallest absolute Gasteiger partial charge is 0.327 e. The molecule has 4 nitrogen and oxygen atoms in total. The molecule has 1 aliphatic rings. The average molecular weight is 350 g/mol. The van der Waals surface area contributed by atoms with Gasteiger partial charge in [-0.15, -0.1) is 0 Å². The minimum Gasteiger partial charge on any atom is -0.422 e. The Kier molecular flexibility index (Phi) is 4.94. The summed E-state index contributed by atoms with van der Waals surface area (Å²) in [4.78, 5) is 25.7. The van der Waals surface area contributed by atoms with Gasteiger partial charge >= 0.3 is 11.9 Å². The molecule has 134 valence electrons. The number of carbonyl (C=O) groups is 2. The fourth-order valence-corrected chi connectivity index (χ4v) is 3.03. The summed E-state index contributed by atoms with van der Waals surface area (Å²) in [5.41, 5.74) is 0.511. The van der Waals surface area contributed by atoms with E-state index in [0.717, 1.165) is 11.1 Å². The second-order valence-electron chi connectivity index (χ2n) is 6.94. The topological polar surface area (TPSA) is 52.6 Å². The van der Waals surface area contributed by atoms with E-state index >= 15 is 0 Å². The van der Waals surface area contributed by atoms with E-state index in [1.54, 1.807) is 13.8 Å². The predicted molar refractivity (Wildman–Crippen MR) is 98.9 cm³/mol. The van der Waals surface area contributed by atoms with Crippen molar-refractivity contribution in [3.63, 3.8) is 0 Å². The summed E-state index contributed by atoms with van der Waals surface area (Å²) in [7, 11) is 0. The van der Waals surface area contributed by atoms with Crippen molar-refractivity contribution >= 4 is 18.0 Å². The zero-order chi connectivity index (χ0) is 18.6. The van der Waals surface area contributed by atoms with Crippen molar-refractivity contribution < 1.29 is 19.1 Å². The molecule has 1 fully saturated rings. The highest BCUT2D eigenvalue weighted by Crippen LogP contribution is 2.38. The lowest BCUT2D eigenvalue weighted by molar-refractivity contribution is -0.250. The molecule has 2 aromatic rings. The monoisotopic (exact) mass is 350 g/mol. The number of hydrogen-bond acceptors (Lipinski definition) is 4. The molecule has 1 saturated heterocycles. The highest BCUT2D eigenvalue weighted by Gasteiger charge is 2.55. The average Bonchev–Trinajstić information content (AvgIpc) is 2.60. The largest absolute Gasteiger partial charge is 0.422 e. The van der Waals surface area contributed by atoms with Gasteiger partial charge in [0.1, 0.15) is 0 Å². The van der Waals surface area contributed by atoms with Crippen molar-refractivity contribution in [1.82, 2.24) is 0 Å². The predicted octanol–water partition coefficient (Wildman–Crippen LogP) is 4.16. The Balaban J connectivity index is 1.90. The molecule has 26 heavy (non-hydrogen) atoms. The maximum atomic E-state index is 12.8. The number of hydrogen-bond donors (Lipinski definition) is 0. The van der Waals surface area contributed by atoms with Crippen LogP contribution in [0.25, 0.3) is 6.08 Å². The Labute approximate surface area is 153 Å². The molecular weight excluding hydrogens is 328 g/mol.